The van der Waals surface area contributed by atoms with Crippen molar-refractivity contribution in [2.75, 3.05) is 5.75 Å². The van der Waals surface area contributed by atoms with Gasteiger partial charge >= 0.3 is 0 Å². The third kappa shape index (κ3) is 4.21. The predicted octanol–water partition coefficient (Wildman–Crippen LogP) is 3.31. The average molecular weight is 362 g/mol. The Bertz CT molecular complexity index is 802. The van der Waals surface area contributed by atoms with Crippen molar-refractivity contribution in [3.63, 3.8) is 0 Å². The van der Waals surface area contributed by atoms with Gasteiger partial charge in [0, 0.05) is 4.88 Å². The van der Waals surface area contributed by atoms with Gasteiger partial charge in [-0.25, -0.2) is 9.37 Å². The number of aromatic nitrogens is 3. The molecule has 0 saturated carbocycles. The number of benzene rings is 1. The first-order chi connectivity index (χ1) is 11.6. The standard InChI is InChI=1S/C16H15FN4OS2/c1-10-18-16(21-20-10)24-9-14(22)19-15(13-3-2-8-23-13)11-4-6-12(17)7-5-11/h2-8,15H,9H2,1H3,(H,19,22)(H,18,20,21). The second-order valence-electron chi connectivity index (χ2n) is 5.06. The van der Waals surface area contributed by atoms with E-state index in [0.717, 1.165) is 10.4 Å². The maximum atomic E-state index is 13.2. The molecule has 24 heavy (non-hydrogen) atoms. The van der Waals surface area contributed by atoms with Gasteiger partial charge in [-0.15, -0.1) is 16.4 Å². The number of carbonyl (C=O) groups excluding carboxylic acids is 1. The van der Waals surface area contributed by atoms with Gasteiger partial charge in [0.05, 0.1) is 11.8 Å². The summed E-state index contributed by atoms with van der Waals surface area (Å²) in [7, 11) is 0. The van der Waals surface area contributed by atoms with Crippen LogP contribution in [0.3, 0.4) is 0 Å². The maximum absolute atomic E-state index is 13.2. The summed E-state index contributed by atoms with van der Waals surface area (Å²) >= 11 is 2.81. The fraction of sp³-hybridized carbons (Fsp3) is 0.188. The lowest BCUT2D eigenvalue weighted by Crippen LogP contribution is -2.30. The predicted molar refractivity (Wildman–Crippen MR) is 92.5 cm³/mol. The van der Waals surface area contributed by atoms with Gasteiger partial charge in [0.1, 0.15) is 11.6 Å². The van der Waals surface area contributed by atoms with E-state index < -0.39 is 0 Å². The van der Waals surface area contributed by atoms with Crippen molar-refractivity contribution >= 4 is 29.0 Å². The number of nitrogens with one attached hydrogen (secondary N) is 2. The normalized spacial score (nSPS) is 12.1. The Morgan fingerprint density at radius 1 is 1.38 bits per heavy atom. The molecule has 0 bridgehead atoms. The van der Waals surface area contributed by atoms with Crippen molar-refractivity contribution in [3.05, 3.63) is 63.9 Å². The largest absolute Gasteiger partial charge is 0.344 e. The van der Waals surface area contributed by atoms with E-state index in [1.807, 2.05) is 17.5 Å². The summed E-state index contributed by atoms with van der Waals surface area (Å²) in [5.41, 5.74) is 0.839. The number of amides is 1. The Morgan fingerprint density at radius 3 is 2.79 bits per heavy atom. The van der Waals surface area contributed by atoms with Crippen LogP contribution in [0.5, 0.6) is 0 Å². The van der Waals surface area contributed by atoms with Crippen LogP contribution in [-0.4, -0.2) is 26.8 Å². The van der Waals surface area contributed by atoms with Gasteiger partial charge in [0.25, 0.3) is 0 Å². The van der Waals surface area contributed by atoms with Gasteiger partial charge in [-0.3, -0.25) is 9.89 Å². The third-order valence-corrected chi connectivity index (χ3v) is 5.03. The van der Waals surface area contributed by atoms with E-state index in [4.69, 9.17) is 0 Å². The summed E-state index contributed by atoms with van der Waals surface area (Å²) < 4.78 is 13.2. The topological polar surface area (TPSA) is 70.7 Å². The highest BCUT2D eigenvalue weighted by atomic mass is 32.2. The molecule has 124 valence electrons. The Hall–Kier alpha value is -2.19. The first kappa shape index (κ1) is 16.7. The van der Waals surface area contributed by atoms with Crippen LogP contribution in [0.25, 0.3) is 0 Å². The molecule has 2 N–H and O–H groups in total. The van der Waals surface area contributed by atoms with Crippen LogP contribution < -0.4 is 5.32 Å². The first-order valence-corrected chi connectivity index (χ1v) is 9.08. The maximum Gasteiger partial charge on any atom is 0.231 e. The van der Waals surface area contributed by atoms with Crippen LogP contribution >= 0.6 is 23.1 Å². The van der Waals surface area contributed by atoms with E-state index in [1.165, 1.54) is 23.9 Å². The fourth-order valence-corrected chi connectivity index (χ4v) is 3.61. The fourth-order valence-electron chi connectivity index (χ4n) is 2.15. The number of hydrogen-bond donors (Lipinski definition) is 2. The molecule has 1 atom stereocenters. The Labute approximate surface area is 146 Å². The minimum atomic E-state index is -0.300. The van der Waals surface area contributed by atoms with Gasteiger partial charge in [0.15, 0.2) is 0 Å². The summed E-state index contributed by atoms with van der Waals surface area (Å²) in [5.74, 6) is 0.483. The van der Waals surface area contributed by atoms with Crippen LogP contribution in [0, 0.1) is 12.7 Å². The lowest BCUT2D eigenvalue weighted by atomic mass is 10.1. The zero-order valence-electron chi connectivity index (χ0n) is 12.8. The Kier molecular flexibility index (Phi) is 5.27. The van der Waals surface area contributed by atoms with Crippen molar-refractivity contribution in [2.45, 2.75) is 18.1 Å². The molecule has 8 heteroatoms. The molecule has 0 aliphatic heterocycles. The third-order valence-electron chi connectivity index (χ3n) is 3.25. The number of H-pyrrole nitrogens is 1. The zero-order valence-corrected chi connectivity index (χ0v) is 14.5. The first-order valence-electron chi connectivity index (χ1n) is 7.22. The molecular weight excluding hydrogens is 347 g/mol. The summed E-state index contributed by atoms with van der Waals surface area (Å²) in [6, 6.07) is 9.74. The molecule has 0 spiro atoms. The number of thiophene rings is 1. The number of hydrogen-bond acceptors (Lipinski definition) is 5. The highest BCUT2D eigenvalue weighted by Gasteiger charge is 2.18. The zero-order chi connectivity index (χ0) is 16.9. The summed E-state index contributed by atoms with van der Waals surface area (Å²) in [6.45, 7) is 1.80. The van der Waals surface area contributed by atoms with Crippen molar-refractivity contribution in [3.8, 4) is 0 Å². The molecule has 1 unspecified atom stereocenters. The van der Waals surface area contributed by atoms with Crippen LogP contribution in [-0.2, 0) is 4.79 Å². The molecule has 0 aliphatic rings. The monoisotopic (exact) mass is 362 g/mol. The molecule has 0 saturated heterocycles. The van der Waals surface area contributed by atoms with Crippen molar-refractivity contribution in [1.29, 1.82) is 0 Å². The van der Waals surface area contributed by atoms with Gasteiger partial charge in [-0.05, 0) is 36.1 Å². The molecule has 1 aromatic carbocycles. The van der Waals surface area contributed by atoms with E-state index in [0.29, 0.717) is 11.0 Å². The molecule has 5 nitrogen and oxygen atoms in total. The molecule has 0 aliphatic carbocycles. The lowest BCUT2D eigenvalue weighted by Gasteiger charge is -2.18. The van der Waals surface area contributed by atoms with Gasteiger partial charge in [-0.1, -0.05) is 30.0 Å². The number of rotatable bonds is 6. The Morgan fingerprint density at radius 2 is 2.17 bits per heavy atom. The van der Waals surface area contributed by atoms with E-state index in [1.54, 1.807) is 30.4 Å². The van der Waals surface area contributed by atoms with Crippen molar-refractivity contribution in [2.24, 2.45) is 0 Å². The van der Waals surface area contributed by atoms with Crippen LogP contribution in [0.2, 0.25) is 0 Å². The number of thioether (sulfide) groups is 1. The van der Waals surface area contributed by atoms with Crippen LogP contribution in [0.15, 0.2) is 46.9 Å². The molecule has 3 aromatic rings. The average Bonchev–Trinajstić information content (AvgIpc) is 3.23. The van der Waals surface area contributed by atoms with E-state index >= 15 is 0 Å². The second kappa shape index (κ2) is 7.59. The minimum absolute atomic E-state index is 0.134. The van der Waals surface area contributed by atoms with Gasteiger partial charge in [-0.2, -0.15) is 0 Å². The smallest absolute Gasteiger partial charge is 0.231 e. The quantitative estimate of drug-likeness (QED) is 0.660. The van der Waals surface area contributed by atoms with Gasteiger partial charge < -0.3 is 5.32 Å². The lowest BCUT2D eigenvalue weighted by molar-refractivity contribution is -0.119. The number of carbonyl (C=O) groups is 1. The molecule has 1 amide bonds. The Balaban J connectivity index is 1.69. The molecule has 2 aromatic heterocycles. The number of aryl methyl sites for hydroxylation is 1. The van der Waals surface area contributed by atoms with Gasteiger partial charge in [0.2, 0.25) is 11.1 Å². The highest BCUT2D eigenvalue weighted by molar-refractivity contribution is 7.99. The van der Waals surface area contributed by atoms with Crippen LogP contribution in [0.1, 0.15) is 22.3 Å². The second-order valence-corrected chi connectivity index (χ2v) is 6.98. The summed E-state index contributed by atoms with van der Waals surface area (Å²) in [4.78, 5) is 17.5. The molecule has 0 radical (unpaired) electrons. The van der Waals surface area contributed by atoms with Crippen molar-refractivity contribution < 1.29 is 9.18 Å². The van der Waals surface area contributed by atoms with Crippen LogP contribution in [0.4, 0.5) is 4.39 Å². The SMILES string of the molecule is Cc1nc(SCC(=O)NC(c2ccc(F)cc2)c2cccs2)n[nH]1. The van der Waals surface area contributed by atoms with E-state index in [2.05, 4.69) is 20.5 Å². The number of aromatic amines is 1. The molecule has 2 heterocycles. The molecular formula is C16H15FN4OS2. The van der Waals surface area contributed by atoms with E-state index in [9.17, 15) is 9.18 Å². The van der Waals surface area contributed by atoms with Crippen molar-refractivity contribution in [1.82, 2.24) is 20.5 Å². The number of halogens is 1. The minimum Gasteiger partial charge on any atom is -0.344 e. The van der Waals surface area contributed by atoms with E-state index in [-0.39, 0.29) is 23.5 Å². The molecule has 3 rings (SSSR count). The highest BCUT2D eigenvalue weighted by Crippen LogP contribution is 2.26. The summed E-state index contributed by atoms with van der Waals surface area (Å²) in [5, 5.41) is 12.2. The number of nitrogens with zero attached hydrogens (tertiary/aromatic N) is 2. The summed E-state index contributed by atoms with van der Waals surface area (Å²) in [6.07, 6.45) is 0. The molecule has 0 fully saturated rings.